The molecule has 4 aliphatic carbocycles. The fraction of sp³-hybridized carbons (Fsp3) is 1.00. The zero-order valence-corrected chi connectivity index (χ0v) is 18.9. The van der Waals surface area contributed by atoms with Crippen LogP contribution >= 0.6 is 0 Å². The molecule has 29 heavy (non-hydrogen) atoms. The number of rotatable bonds is 7. The number of hydrogen-bond acceptors (Lipinski definition) is 0. The van der Waals surface area contributed by atoms with Gasteiger partial charge in [-0.15, -0.1) is 0 Å². The molecule has 3 heteroatoms. The zero-order chi connectivity index (χ0) is 20.8. The third-order valence-corrected chi connectivity index (χ3v) is 10.1. The van der Waals surface area contributed by atoms with Crippen LogP contribution in [0, 0.1) is 52.8 Å². The van der Waals surface area contributed by atoms with Gasteiger partial charge in [-0.2, -0.15) is 13.2 Å². The highest BCUT2D eigenvalue weighted by Gasteiger charge is 2.57. The lowest BCUT2D eigenvalue weighted by atomic mass is 9.50. The molecule has 168 valence electrons. The summed E-state index contributed by atoms with van der Waals surface area (Å²) in [5, 5.41) is 0. The minimum absolute atomic E-state index is 0.116. The van der Waals surface area contributed by atoms with Crippen LogP contribution < -0.4 is 0 Å². The number of hydrogen-bond donors (Lipinski definition) is 0. The summed E-state index contributed by atoms with van der Waals surface area (Å²) in [6, 6.07) is 0. The van der Waals surface area contributed by atoms with Crippen LogP contribution in [0.2, 0.25) is 0 Å². The van der Waals surface area contributed by atoms with E-state index in [-0.39, 0.29) is 5.92 Å². The Labute approximate surface area is 176 Å². The summed E-state index contributed by atoms with van der Waals surface area (Å²) in [4.78, 5) is 0. The first-order chi connectivity index (χ1) is 13.7. The number of fused-ring (bicyclic) bond motifs is 3. The van der Waals surface area contributed by atoms with Crippen LogP contribution in [0.3, 0.4) is 0 Å². The van der Waals surface area contributed by atoms with E-state index in [2.05, 4.69) is 20.8 Å². The van der Waals surface area contributed by atoms with E-state index in [1.54, 1.807) is 0 Å². The van der Waals surface area contributed by atoms with Crippen LogP contribution in [0.5, 0.6) is 0 Å². The molecule has 0 saturated heterocycles. The molecule has 0 aliphatic heterocycles. The quantitative estimate of drug-likeness (QED) is 0.392. The minimum Gasteiger partial charge on any atom is -0.171 e. The first kappa shape index (κ1) is 22.0. The second-order valence-electron chi connectivity index (χ2n) is 11.8. The summed E-state index contributed by atoms with van der Waals surface area (Å²) in [5.41, 5.74) is 0.456. The third kappa shape index (κ3) is 4.54. The maximum atomic E-state index is 13.2. The highest BCUT2D eigenvalue weighted by Crippen LogP contribution is 2.65. The molecule has 4 saturated carbocycles. The van der Waals surface area contributed by atoms with Gasteiger partial charge < -0.3 is 0 Å². The minimum atomic E-state index is -4.00. The molecule has 0 spiro atoms. The van der Waals surface area contributed by atoms with E-state index in [1.165, 1.54) is 51.4 Å². The lowest BCUT2D eigenvalue weighted by Gasteiger charge is -2.55. The molecule has 8 unspecified atom stereocenters. The molecule has 0 nitrogen and oxygen atoms in total. The second kappa shape index (κ2) is 8.38. The predicted molar refractivity (Wildman–Crippen MR) is 113 cm³/mol. The second-order valence-corrected chi connectivity index (χ2v) is 11.8. The van der Waals surface area contributed by atoms with Gasteiger partial charge in [0.2, 0.25) is 0 Å². The standard InChI is InChI=1S/C26H43F3/c1-4-5-20-19(16-26(27,28)29)10-11-22-21(20)14-15-25(3)23(12-13-24(22)25)17(2)6-7-18-8-9-18/h17-24H,4-16H2,1-3H3. The maximum absolute atomic E-state index is 13.2. The van der Waals surface area contributed by atoms with Crippen LogP contribution in [0.25, 0.3) is 0 Å². The van der Waals surface area contributed by atoms with Crippen LogP contribution in [0.15, 0.2) is 0 Å². The molecule has 0 amide bonds. The molecule has 0 radical (unpaired) electrons. The molecule has 4 fully saturated rings. The Morgan fingerprint density at radius 1 is 0.931 bits per heavy atom. The highest BCUT2D eigenvalue weighted by atomic mass is 19.4. The molecule has 4 rings (SSSR count). The smallest absolute Gasteiger partial charge is 0.171 e. The third-order valence-electron chi connectivity index (χ3n) is 10.1. The van der Waals surface area contributed by atoms with Gasteiger partial charge >= 0.3 is 6.18 Å². The van der Waals surface area contributed by atoms with Gasteiger partial charge in [0.1, 0.15) is 0 Å². The van der Waals surface area contributed by atoms with Crippen molar-refractivity contribution in [3.63, 3.8) is 0 Å². The molecule has 0 heterocycles. The molecule has 0 aromatic heterocycles. The Bertz CT molecular complexity index is 551. The monoisotopic (exact) mass is 412 g/mol. The van der Waals surface area contributed by atoms with Crippen molar-refractivity contribution in [2.45, 2.75) is 110 Å². The molecule has 8 atom stereocenters. The summed E-state index contributed by atoms with van der Waals surface area (Å²) in [5.74, 6) is 4.95. The van der Waals surface area contributed by atoms with Crippen LogP contribution in [0.1, 0.15) is 104 Å². The number of halogens is 3. The van der Waals surface area contributed by atoms with Gasteiger partial charge in [-0.25, -0.2) is 0 Å². The fourth-order valence-corrected chi connectivity index (χ4v) is 8.65. The lowest BCUT2D eigenvalue weighted by Crippen LogP contribution is -2.48. The lowest BCUT2D eigenvalue weighted by molar-refractivity contribution is -0.161. The maximum Gasteiger partial charge on any atom is 0.389 e. The van der Waals surface area contributed by atoms with Crippen molar-refractivity contribution >= 4 is 0 Å². The van der Waals surface area contributed by atoms with Crippen molar-refractivity contribution in [1.82, 2.24) is 0 Å². The zero-order valence-electron chi connectivity index (χ0n) is 18.9. The number of alkyl halides is 3. The van der Waals surface area contributed by atoms with E-state index in [1.807, 2.05) is 0 Å². The molecule has 4 aliphatic rings. The Balaban J connectivity index is 1.46. The summed E-state index contributed by atoms with van der Waals surface area (Å²) in [6.07, 6.45) is 10.3. The van der Waals surface area contributed by atoms with Crippen molar-refractivity contribution in [3.8, 4) is 0 Å². The summed E-state index contributed by atoms with van der Waals surface area (Å²) < 4.78 is 39.7. The normalized spacial score (nSPS) is 43.7. The predicted octanol–water partition coefficient (Wildman–Crippen LogP) is 8.65. The van der Waals surface area contributed by atoms with E-state index < -0.39 is 12.6 Å². The van der Waals surface area contributed by atoms with E-state index in [4.69, 9.17) is 0 Å². The Kier molecular flexibility index (Phi) is 6.36. The van der Waals surface area contributed by atoms with Gasteiger partial charge in [-0.05, 0) is 91.3 Å². The van der Waals surface area contributed by atoms with Gasteiger partial charge in [-0.1, -0.05) is 59.3 Å². The van der Waals surface area contributed by atoms with E-state index in [0.717, 1.165) is 49.4 Å². The average molecular weight is 413 g/mol. The van der Waals surface area contributed by atoms with E-state index >= 15 is 0 Å². The first-order valence-corrected chi connectivity index (χ1v) is 12.8. The molecule has 0 aromatic rings. The first-order valence-electron chi connectivity index (χ1n) is 12.8. The highest BCUT2D eigenvalue weighted by molar-refractivity contribution is 5.06. The Morgan fingerprint density at radius 2 is 1.69 bits per heavy atom. The fourth-order valence-electron chi connectivity index (χ4n) is 8.65. The summed E-state index contributed by atoms with van der Waals surface area (Å²) >= 11 is 0. The average Bonchev–Trinajstić information content (AvgIpc) is 3.40. The summed E-state index contributed by atoms with van der Waals surface area (Å²) in [6.45, 7) is 7.25. The molecule has 0 bridgehead atoms. The van der Waals surface area contributed by atoms with Crippen molar-refractivity contribution in [2.75, 3.05) is 0 Å². The Hall–Kier alpha value is -0.210. The molecule has 0 N–H and O–H groups in total. The van der Waals surface area contributed by atoms with Gasteiger partial charge in [0.15, 0.2) is 0 Å². The molecular formula is C26H43F3. The van der Waals surface area contributed by atoms with Crippen molar-refractivity contribution in [1.29, 1.82) is 0 Å². The van der Waals surface area contributed by atoms with Gasteiger partial charge in [-0.3, -0.25) is 0 Å². The molecular weight excluding hydrogens is 369 g/mol. The van der Waals surface area contributed by atoms with E-state index in [9.17, 15) is 13.2 Å². The van der Waals surface area contributed by atoms with Crippen LogP contribution in [-0.2, 0) is 0 Å². The van der Waals surface area contributed by atoms with Gasteiger partial charge in [0, 0.05) is 6.42 Å². The van der Waals surface area contributed by atoms with Crippen molar-refractivity contribution < 1.29 is 13.2 Å². The largest absolute Gasteiger partial charge is 0.389 e. The summed E-state index contributed by atoms with van der Waals surface area (Å²) in [7, 11) is 0. The molecule has 0 aromatic carbocycles. The van der Waals surface area contributed by atoms with Crippen molar-refractivity contribution in [2.24, 2.45) is 52.8 Å². The SMILES string of the molecule is CCCC1C(CC(F)(F)F)CCC2C1CCC1(C)C(C(C)CCC3CC3)CCC21. The van der Waals surface area contributed by atoms with Gasteiger partial charge in [0.25, 0.3) is 0 Å². The van der Waals surface area contributed by atoms with Gasteiger partial charge in [0.05, 0.1) is 0 Å². The topological polar surface area (TPSA) is 0 Å². The Morgan fingerprint density at radius 3 is 2.34 bits per heavy atom. The van der Waals surface area contributed by atoms with Crippen LogP contribution in [-0.4, -0.2) is 6.18 Å². The van der Waals surface area contributed by atoms with E-state index in [0.29, 0.717) is 23.2 Å². The van der Waals surface area contributed by atoms with Crippen molar-refractivity contribution in [3.05, 3.63) is 0 Å². The van der Waals surface area contributed by atoms with Crippen LogP contribution in [0.4, 0.5) is 13.2 Å².